The van der Waals surface area contributed by atoms with Crippen LogP contribution in [0, 0.1) is 0 Å². The molecule has 1 aliphatic rings. The van der Waals surface area contributed by atoms with Crippen LogP contribution in [0.25, 0.3) is 0 Å². The fourth-order valence-electron chi connectivity index (χ4n) is 1.97. The van der Waals surface area contributed by atoms with Crippen LogP contribution < -0.4 is 10.1 Å². The molecule has 1 aromatic carbocycles. The third-order valence-corrected chi connectivity index (χ3v) is 3.35. The van der Waals surface area contributed by atoms with E-state index < -0.39 is 0 Å². The van der Waals surface area contributed by atoms with Crippen LogP contribution in [-0.4, -0.2) is 18.7 Å². The molecule has 17 heavy (non-hydrogen) atoms. The van der Waals surface area contributed by atoms with Gasteiger partial charge in [0.05, 0.1) is 0 Å². The summed E-state index contributed by atoms with van der Waals surface area (Å²) in [6, 6.07) is 5.93. The second-order valence-corrected chi connectivity index (χ2v) is 5.34. The van der Waals surface area contributed by atoms with E-state index in [-0.39, 0.29) is 0 Å². The molecule has 0 bridgehead atoms. The van der Waals surface area contributed by atoms with Crippen molar-refractivity contribution in [2.75, 3.05) is 6.54 Å². The first-order valence-corrected chi connectivity index (χ1v) is 6.79. The van der Waals surface area contributed by atoms with E-state index in [4.69, 9.17) is 27.9 Å². The molecule has 0 radical (unpaired) electrons. The van der Waals surface area contributed by atoms with E-state index in [1.165, 1.54) is 6.42 Å². The van der Waals surface area contributed by atoms with Gasteiger partial charge in [-0.2, -0.15) is 0 Å². The lowest BCUT2D eigenvalue weighted by atomic mass is 9.89. The van der Waals surface area contributed by atoms with Gasteiger partial charge in [-0.15, -0.1) is 0 Å². The van der Waals surface area contributed by atoms with Gasteiger partial charge in [-0.25, -0.2) is 0 Å². The number of nitrogens with one attached hydrogen (secondary N) is 1. The van der Waals surface area contributed by atoms with Crippen LogP contribution in [0.5, 0.6) is 5.75 Å². The summed E-state index contributed by atoms with van der Waals surface area (Å²) in [4.78, 5) is 0. The van der Waals surface area contributed by atoms with Gasteiger partial charge in [0, 0.05) is 16.1 Å². The monoisotopic (exact) mass is 273 g/mol. The Morgan fingerprint density at radius 2 is 1.88 bits per heavy atom. The summed E-state index contributed by atoms with van der Waals surface area (Å²) in [5.74, 6) is 0.765. The van der Waals surface area contributed by atoms with Gasteiger partial charge in [0.1, 0.15) is 11.9 Å². The van der Waals surface area contributed by atoms with Crippen LogP contribution in [0.2, 0.25) is 10.0 Å². The Hall–Kier alpha value is -0.440. The molecule has 94 valence electrons. The Morgan fingerprint density at radius 1 is 1.24 bits per heavy atom. The highest BCUT2D eigenvalue weighted by Gasteiger charge is 2.30. The number of hydrogen-bond donors (Lipinski definition) is 1. The van der Waals surface area contributed by atoms with Crippen molar-refractivity contribution in [3.05, 3.63) is 28.2 Å². The zero-order valence-corrected chi connectivity index (χ0v) is 11.4. The van der Waals surface area contributed by atoms with E-state index >= 15 is 0 Å². The van der Waals surface area contributed by atoms with Gasteiger partial charge in [-0.05, 0) is 44.0 Å². The minimum absolute atomic E-state index is 0.291. The molecule has 1 aromatic rings. The SMILES string of the molecule is CCCNC1CC(Oc2cc(Cl)cc(Cl)c2)C1. The molecule has 0 aliphatic heterocycles. The summed E-state index contributed by atoms with van der Waals surface area (Å²) in [6.45, 7) is 3.26. The molecule has 0 saturated heterocycles. The molecule has 1 aliphatic carbocycles. The van der Waals surface area contributed by atoms with Crippen LogP contribution in [0.3, 0.4) is 0 Å². The third kappa shape index (κ3) is 3.77. The zero-order valence-electron chi connectivity index (χ0n) is 9.88. The molecule has 4 heteroatoms. The van der Waals surface area contributed by atoms with Crippen LogP contribution in [0.4, 0.5) is 0 Å². The van der Waals surface area contributed by atoms with Crippen molar-refractivity contribution in [3.8, 4) is 5.75 Å². The van der Waals surface area contributed by atoms with Gasteiger partial charge >= 0.3 is 0 Å². The number of ether oxygens (including phenoxy) is 1. The van der Waals surface area contributed by atoms with E-state index in [1.54, 1.807) is 18.2 Å². The molecule has 0 atom stereocenters. The van der Waals surface area contributed by atoms with Crippen molar-refractivity contribution in [3.63, 3.8) is 0 Å². The quantitative estimate of drug-likeness (QED) is 0.879. The molecule has 2 rings (SSSR count). The van der Waals surface area contributed by atoms with Gasteiger partial charge in [0.2, 0.25) is 0 Å². The minimum Gasteiger partial charge on any atom is -0.490 e. The number of rotatable bonds is 5. The highest BCUT2D eigenvalue weighted by atomic mass is 35.5. The fraction of sp³-hybridized carbons (Fsp3) is 0.538. The largest absolute Gasteiger partial charge is 0.490 e. The lowest BCUT2D eigenvalue weighted by Gasteiger charge is -2.36. The van der Waals surface area contributed by atoms with E-state index in [0.29, 0.717) is 22.2 Å². The molecule has 1 N–H and O–H groups in total. The van der Waals surface area contributed by atoms with Crippen LogP contribution in [0.15, 0.2) is 18.2 Å². The molecular formula is C13H17Cl2NO. The second-order valence-electron chi connectivity index (χ2n) is 4.47. The van der Waals surface area contributed by atoms with Crippen molar-refractivity contribution in [2.45, 2.75) is 38.3 Å². The lowest BCUT2D eigenvalue weighted by Crippen LogP contribution is -2.46. The maximum absolute atomic E-state index is 5.92. The first-order valence-electron chi connectivity index (χ1n) is 6.03. The van der Waals surface area contributed by atoms with Gasteiger partial charge in [-0.1, -0.05) is 30.1 Å². The van der Waals surface area contributed by atoms with Crippen LogP contribution in [-0.2, 0) is 0 Å². The maximum atomic E-state index is 5.92. The summed E-state index contributed by atoms with van der Waals surface area (Å²) in [5, 5.41) is 4.71. The van der Waals surface area contributed by atoms with Gasteiger partial charge < -0.3 is 10.1 Å². The molecule has 1 fully saturated rings. The fourth-order valence-corrected chi connectivity index (χ4v) is 2.47. The van der Waals surface area contributed by atoms with Crippen molar-refractivity contribution in [1.29, 1.82) is 0 Å². The highest BCUT2D eigenvalue weighted by molar-refractivity contribution is 6.34. The van der Waals surface area contributed by atoms with Gasteiger partial charge in [0.25, 0.3) is 0 Å². The first-order chi connectivity index (χ1) is 8.17. The molecule has 0 aromatic heterocycles. The van der Waals surface area contributed by atoms with Crippen LogP contribution in [0.1, 0.15) is 26.2 Å². The topological polar surface area (TPSA) is 21.3 Å². The molecule has 2 nitrogen and oxygen atoms in total. The van der Waals surface area contributed by atoms with E-state index in [9.17, 15) is 0 Å². The maximum Gasteiger partial charge on any atom is 0.122 e. The smallest absolute Gasteiger partial charge is 0.122 e. The number of hydrogen-bond acceptors (Lipinski definition) is 2. The molecular weight excluding hydrogens is 257 g/mol. The van der Waals surface area contributed by atoms with Crippen molar-refractivity contribution >= 4 is 23.2 Å². The molecule has 1 saturated carbocycles. The highest BCUT2D eigenvalue weighted by Crippen LogP contribution is 2.29. The second kappa shape index (κ2) is 5.94. The summed E-state index contributed by atoms with van der Waals surface area (Å²) >= 11 is 11.8. The van der Waals surface area contributed by atoms with Gasteiger partial charge in [0.15, 0.2) is 0 Å². The number of benzene rings is 1. The average molecular weight is 274 g/mol. The summed E-state index contributed by atoms with van der Waals surface area (Å²) in [5.41, 5.74) is 0. The molecule has 0 spiro atoms. The average Bonchev–Trinajstić information content (AvgIpc) is 2.19. The zero-order chi connectivity index (χ0) is 12.3. The molecule has 0 amide bonds. The normalized spacial score (nSPS) is 23.2. The first kappa shape index (κ1) is 13.0. The van der Waals surface area contributed by atoms with Crippen LogP contribution >= 0.6 is 23.2 Å². The van der Waals surface area contributed by atoms with E-state index in [2.05, 4.69) is 12.2 Å². The summed E-state index contributed by atoms with van der Waals surface area (Å²) in [6.07, 6.45) is 3.58. The Labute approximate surface area is 112 Å². The summed E-state index contributed by atoms with van der Waals surface area (Å²) < 4.78 is 5.81. The molecule has 0 heterocycles. The van der Waals surface area contributed by atoms with Crippen molar-refractivity contribution in [1.82, 2.24) is 5.32 Å². The lowest BCUT2D eigenvalue weighted by molar-refractivity contribution is 0.0853. The minimum atomic E-state index is 0.291. The standard InChI is InChI=1S/C13H17Cl2NO/c1-2-3-16-11-7-13(8-11)17-12-5-9(14)4-10(15)6-12/h4-6,11,13,16H,2-3,7-8H2,1H3. The number of halogens is 2. The Kier molecular flexibility index (Phi) is 4.55. The summed E-state index contributed by atoms with van der Waals surface area (Å²) in [7, 11) is 0. The third-order valence-electron chi connectivity index (χ3n) is 2.92. The molecule has 0 unspecified atom stereocenters. The van der Waals surface area contributed by atoms with E-state index in [1.807, 2.05) is 0 Å². The van der Waals surface area contributed by atoms with Gasteiger partial charge in [-0.3, -0.25) is 0 Å². The van der Waals surface area contributed by atoms with Crippen molar-refractivity contribution < 1.29 is 4.74 Å². The predicted octanol–water partition coefficient (Wildman–Crippen LogP) is 3.90. The predicted molar refractivity (Wildman–Crippen MR) is 72.2 cm³/mol. The van der Waals surface area contributed by atoms with Crippen molar-refractivity contribution in [2.24, 2.45) is 0 Å². The Bertz CT molecular complexity index is 357. The Morgan fingerprint density at radius 3 is 2.47 bits per heavy atom. The van der Waals surface area contributed by atoms with E-state index in [0.717, 1.165) is 25.1 Å². The Balaban J connectivity index is 1.79.